The van der Waals surface area contributed by atoms with Gasteiger partial charge in [0.2, 0.25) is 0 Å². The monoisotopic (exact) mass is 410 g/mol. The number of aryl methyl sites for hydroxylation is 1. The average Bonchev–Trinajstić information content (AvgIpc) is 3.13. The van der Waals surface area contributed by atoms with Gasteiger partial charge in [-0.25, -0.2) is 9.78 Å². The van der Waals surface area contributed by atoms with Crippen molar-refractivity contribution in [2.45, 2.75) is 13.5 Å². The molecule has 0 unspecified atom stereocenters. The molecule has 0 spiro atoms. The van der Waals surface area contributed by atoms with Gasteiger partial charge in [-0.3, -0.25) is 9.78 Å². The number of anilines is 1. The van der Waals surface area contributed by atoms with E-state index in [0.717, 1.165) is 11.3 Å². The molecule has 150 valence electrons. The fraction of sp³-hybridized carbons (Fsp3) is 0.238. The lowest BCUT2D eigenvalue weighted by atomic mass is 10.2. The second kappa shape index (κ2) is 9.29. The summed E-state index contributed by atoms with van der Waals surface area (Å²) in [4.78, 5) is 35.3. The summed E-state index contributed by atoms with van der Waals surface area (Å²) in [6.45, 7) is 1.76. The summed E-state index contributed by atoms with van der Waals surface area (Å²) in [6.07, 6.45) is 1.67. The van der Waals surface area contributed by atoms with E-state index in [4.69, 9.17) is 4.74 Å². The Morgan fingerprint density at radius 3 is 2.55 bits per heavy atom. The van der Waals surface area contributed by atoms with E-state index in [1.54, 1.807) is 13.1 Å². The fourth-order valence-electron chi connectivity index (χ4n) is 2.54. The Bertz CT molecular complexity index is 985. The molecule has 1 amide bonds. The Morgan fingerprint density at radius 2 is 1.90 bits per heavy atom. The third-order valence-electron chi connectivity index (χ3n) is 4.14. The molecular formula is C21H22N4O3S. The predicted molar refractivity (Wildman–Crippen MR) is 113 cm³/mol. The summed E-state index contributed by atoms with van der Waals surface area (Å²) in [5, 5.41) is 3.39. The second-order valence-electron chi connectivity index (χ2n) is 6.56. The number of esters is 1. The van der Waals surface area contributed by atoms with E-state index in [9.17, 15) is 9.59 Å². The van der Waals surface area contributed by atoms with Crippen molar-refractivity contribution >= 4 is 28.9 Å². The van der Waals surface area contributed by atoms with Gasteiger partial charge in [0, 0.05) is 32.5 Å². The quantitative estimate of drug-likeness (QED) is 0.603. The van der Waals surface area contributed by atoms with E-state index in [2.05, 4.69) is 15.3 Å². The highest BCUT2D eigenvalue weighted by molar-refractivity contribution is 7.17. The van der Waals surface area contributed by atoms with E-state index in [1.165, 1.54) is 11.3 Å². The first-order valence-electron chi connectivity index (χ1n) is 9.03. The summed E-state index contributed by atoms with van der Waals surface area (Å²) in [7, 11) is 3.94. The first kappa shape index (κ1) is 20.5. The van der Waals surface area contributed by atoms with Crippen LogP contribution >= 0.6 is 11.3 Å². The molecule has 2 heterocycles. The van der Waals surface area contributed by atoms with Crippen LogP contribution in [-0.4, -0.2) is 42.5 Å². The van der Waals surface area contributed by atoms with Gasteiger partial charge < -0.3 is 15.0 Å². The summed E-state index contributed by atoms with van der Waals surface area (Å²) in [6, 6.07) is 13.3. The lowest BCUT2D eigenvalue weighted by molar-refractivity contribution is -0.124. The molecule has 0 aliphatic rings. The van der Waals surface area contributed by atoms with Gasteiger partial charge in [-0.05, 0) is 36.8 Å². The summed E-state index contributed by atoms with van der Waals surface area (Å²) in [5.41, 5.74) is 3.30. The minimum atomic E-state index is -0.562. The van der Waals surface area contributed by atoms with Crippen LogP contribution in [0.4, 0.5) is 5.69 Å². The fourth-order valence-corrected chi connectivity index (χ4v) is 3.48. The number of amides is 1. The minimum Gasteiger partial charge on any atom is -0.451 e. The van der Waals surface area contributed by atoms with Crippen molar-refractivity contribution in [1.82, 2.24) is 15.3 Å². The Hall–Kier alpha value is -3.26. The largest absolute Gasteiger partial charge is 0.451 e. The zero-order valence-electron chi connectivity index (χ0n) is 16.5. The molecule has 3 aromatic rings. The number of nitrogens with zero attached hydrogens (tertiary/aromatic N) is 3. The number of aromatic nitrogens is 2. The van der Waals surface area contributed by atoms with Crippen LogP contribution in [0, 0.1) is 6.92 Å². The number of thiazole rings is 1. The van der Waals surface area contributed by atoms with Crippen LogP contribution in [0.15, 0.2) is 48.7 Å². The van der Waals surface area contributed by atoms with E-state index in [-0.39, 0.29) is 12.5 Å². The number of carbonyl (C=O) groups excluding carboxylic acids is 2. The Kier molecular flexibility index (Phi) is 6.56. The van der Waals surface area contributed by atoms with Crippen molar-refractivity contribution < 1.29 is 14.3 Å². The maximum Gasteiger partial charge on any atom is 0.350 e. The molecule has 7 nitrogen and oxygen atoms in total. The van der Waals surface area contributed by atoms with Gasteiger partial charge in [0.1, 0.15) is 9.88 Å². The van der Waals surface area contributed by atoms with Gasteiger partial charge >= 0.3 is 5.97 Å². The highest BCUT2D eigenvalue weighted by Crippen LogP contribution is 2.26. The summed E-state index contributed by atoms with van der Waals surface area (Å²) < 4.78 is 5.15. The highest BCUT2D eigenvalue weighted by Gasteiger charge is 2.19. The number of nitrogens with one attached hydrogen (secondary N) is 1. The summed E-state index contributed by atoms with van der Waals surface area (Å²) in [5.74, 6) is -0.921. The van der Waals surface area contributed by atoms with Gasteiger partial charge in [-0.2, -0.15) is 0 Å². The van der Waals surface area contributed by atoms with Gasteiger partial charge in [0.05, 0.1) is 11.4 Å². The number of ether oxygens (including phenoxy) is 1. The topological polar surface area (TPSA) is 84.4 Å². The predicted octanol–water partition coefficient (Wildman–Crippen LogP) is 3.05. The third kappa shape index (κ3) is 5.39. The molecule has 1 N–H and O–H groups in total. The van der Waals surface area contributed by atoms with Crippen LogP contribution < -0.4 is 10.2 Å². The first-order chi connectivity index (χ1) is 13.9. The van der Waals surface area contributed by atoms with E-state index in [1.807, 2.05) is 61.5 Å². The maximum absolute atomic E-state index is 12.3. The van der Waals surface area contributed by atoms with Crippen LogP contribution in [0.25, 0.3) is 10.7 Å². The molecule has 2 aromatic heterocycles. The zero-order valence-corrected chi connectivity index (χ0v) is 17.3. The molecule has 0 atom stereocenters. The minimum absolute atomic E-state index is 0.342. The molecule has 0 radical (unpaired) electrons. The molecule has 8 heteroatoms. The van der Waals surface area contributed by atoms with Crippen molar-refractivity contribution in [2.75, 3.05) is 25.6 Å². The number of hydrogen-bond acceptors (Lipinski definition) is 7. The number of pyridine rings is 1. The van der Waals surface area contributed by atoms with Crippen molar-refractivity contribution in [2.24, 2.45) is 0 Å². The van der Waals surface area contributed by atoms with Crippen LogP contribution in [0.3, 0.4) is 0 Å². The Balaban J connectivity index is 1.51. The molecule has 29 heavy (non-hydrogen) atoms. The van der Waals surface area contributed by atoms with E-state index in [0.29, 0.717) is 27.8 Å². The van der Waals surface area contributed by atoms with Crippen LogP contribution in [0.2, 0.25) is 0 Å². The van der Waals surface area contributed by atoms with Crippen LogP contribution in [-0.2, 0) is 16.1 Å². The van der Waals surface area contributed by atoms with Crippen LogP contribution in [0.1, 0.15) is 20.9 Å². The molecule has 1 aromatic carbocycles. The number of benzene rings is 1. The number of hydrogen-bond donors (Lipinski definition) is 1. The smallest absolute Gasteiger partial charge is 0.350 e. The molecule has 3 rings (SSSR count). The van der Waals surface area contributed by atoms with Gasteiger partial charge in [0.25, 0.3) is 5.91 Å². The number of rotatable bonds is 7. The Labute approximate surface area is 173 Å². The van der Waals surface area contributed by atoms with Crippen molar-refractivity contribution in [3.63, 3.8) is 0 Å². The molecule has 0 fully saturated rings. The maximum atomic E-state index is 12.3. The lowest BCUT2D eigenvalue weighted by Gasteiger charge is -2.13. The SMILES string of the molecule is Cc1nc(-c2ccccn2)sc1C(=O)OCC(=O)NCc1ccc(N(C)C)cc1. The summed E-state index contributed by atoms with van der Waals surface area (Å²) >= 11 is 1.20. The molecule has 0 aliphatic heterocycles. The van der Waals surface area contributed by atoms with Gasteiger partial charge in [0.15, 0.2) is 6.61 Å². The van der Waals surface area contributed by atoms with Crippen LogP contribution in [0.5, 0.6) is 0 Å². The van der Waals surface area contributed by atoms with Crippen molar-refractivity contribution in [1.29, 1.82) is 0 Å². The molecular weight excluding hydrogens is 388 g/mol. The average molecular weight is 410 g/mol. The van der Waals surface area contributed by atoms with E-state index >= 15 is 0 Å². The zero-order chi connectivity index (χ0) is 20.8. The molecule has 0 saturated carbocycles. The normalized spacial score (nSPS) is 10.4. The first-order valence-corrected chi connectivity index (χ1v) is 9.84. The van der Waals surface area contributed by atoms with Crippen molar-refractivity contribution in [3.05, 3.63) is 64.8 Å². The highest BCUT2D eigenvalue weighted by atomic mass is 32.1. The lowest BCUT2D eigenvalue weighted by Crippen LogP contribution is -2.28. The standard InChI is InChI=1S/C21H22N4O3S/c1-14-19(29-20(24-14)17-6-4-5-11-22-17)21(27)28-13-18(26)23-12-15-7-9-16(10-8-15)25(2)3/h4-11H,12-13H2,1-3H3,(H,23,26). The molecule has 0 saturated heterocycles. The molecule has 0 aliphatic carbocycles. The number of carbonyl (C=O) groups is 2. The second-order valence-corrected chi connectivity index (χ2v) is 7.56. The third-order valence-corrected chi connectivity index (χ3v) is 5.30. The van der Waals surface area contributed by atoms with Crippen molar-refractivity contribution in [3.8, 4) is 10.7 Å². The Morgan fingerprint density at radius 1 is 1.14 bits per heavy atom. The van der Waals surface area contributed by atoms with Gasteiger partial charge in [-0.1, -0.05) is 18.2 Å². The van der Waals surface area contributed by atoms with E-state index < -0.39 is 5.97 Å². The molecule has 0 bridgehead atoms. The van der Waals surface area contributed by atoms with Gasteiger partial charge in [-0.15, -0.1) is 11.3 Å².